The molecule has 1 heterocycles. The molecule has 2 N–H and O–H groups in total. The van der Waals surface area contributed by atoms with E-state index in [-0.39, 0.29) is 10.5 Å². The first-order chi connectivity index (χ1) is 14.3. The highest BCUT2D eigenvalue weighted by Crippen LogP contribution is 2.17. The van der Waals surface area contributed by atoms with E-state index in [0.29, 0.717) is 14.8 Å². The van der Waals surface area contributed by atoms with Gasteiger partial charge in [0, 0.05) is 5.39 Å². The molecule has 8 heteroatoms. The number of hydrogen-bond acceptors (Lipinski definition) is 6. The summed E-state index contributed by atoms with van der Waals surface area (Å²) in [5, 5.41) is 0.813. The lowest BCUT2D eigenvalue weighted by Crippen LogP contribution is -3.62. The molecule has 0 spiro atoms. The Bertz CT molecular complexity index is 1320. The van der Waals surface area contributed by atoms with Crippen LogP contribution in [-0.4, -0.2) is 13.0 Å². The minimum absolute atomic E-state index is 0.178. The molecular formula is C22H18INO5S. The van der Waals surface area contributed by atoms with E-state index in [0.717, 1.165) is 14.5 Å². The third-order valence-electron chi connectivity index (χ3n) is 4.04. The molecule has 0 aliphatic carbocycles. The van der Waals surface area contributed by atoms with Crippen molar-refractivity contribution in [3.8, 4) is 0 Å². The molecule has 0 saturated heterocycles. The maximum absolute atomic E-state index is 12.0. The summed E-state index contributed by atoms with van der Waals surface area (Å²) in [5.74, 6) is 0. The number of halogens is 1. The number of nitrogens with two attached hydrogens (primary N) is 1. The third kappa shape index (κ3) is 5.47. The van der Waals surface area contributed by atoms with Crippen LogP contribution in [0.2, 0.25) is 0 Å². The molecule has 4 aromatic rings. The molecule has 3 aromatic carbocycles. The maximum Gasteiger partial charge on any atom is 0.393 e. The fraction of sp³-hybridized carbons (Fsp3) is 0.0455. The van der Waals surface area contributed by atoms with Gasteiger partial charge in [-0.15, -0.1) is 0 Å². The highest BCUT2D eigenvalue weighted by molar-refractivity contribution is 7.85. The van der Waals surface area contributed by atoms with Crippen molar-refractivity contribution in [3.05, 3.63) is 102 Å². The molecule has 30 heavy (non-hydrogen) atoms. The average Bonchev–Trinajstić information content (AvgIpc) is 2.72. The molecule has 1 aromatic heterocycles. The third-order valence-corrected chi connectivity index (χ3v) is 7.79. The van der Waals surface area contributed by atoms with E-state index < -0.39 is 31.3 Å². The Morgan fingerprint density at radius 3 is 2.13 bits per heavy atom. The van der Waals surface area contributed by atoms with Crippen LogP contribution in [0.4, 0.5) is 5.69 Å². The second-order valence-electron chi connectivity index (χ2n) is 6.27. The normalized spacial score (nSPS) is 11.0. The van der Waals surface area contributed by atoms with Gasteiger partial charge in [-0.3, -0.25) is 0 Å². The highest BCUT2D eigenvalue weighted by atomic mass is 127. The van der Waals surface area contributed by atoms with Crippen molar-refractivity contribution >= 4 is 26.8 Å². The van der Waals surface area contributed by atoms with E-state index in [1.807, 2.05) is 55.5 Å². The number of aryl methyl sites for hydroxylation is 1. The zero-order valence-electron chi connectivity index (χ0n) is 15.9. The summed E-state index contributed by atoms with van der Waals surface area (Å²) in [6.45, 7) is 1.82. The summed E-state index contributed by atoms with van der Waals surface area (Å²) in [6.07, 6.45) is 0. The van der Waals surface area contributed by atoms with Crippen LogP contribution >= 0.6 is 0 Å². The van der Waals surface area contributed by atoms with Gasteiger partial charge in [-0.05, 0) is 43.3 Å². The lowest BCUT2D eigenvalue weighted by atomic mass is 10.2. The molecule has 4 rings (SSSR count). The summed E-state index contributed by atoms with van der Waals surface area (Å²) in [5.41, 5.74) is 7.86. The first-order valence-corrected chi connectivity index (χ1v) is 12.4. The Hall–Kier alpha value is -2.69. The van der Waals surface area contributed by atoms with Gasteiger partial charge in [-0.1, -0.05) is 48.0 Å². The van der Waals surface area contributed by atoms with Crippen LogP contribution in [0.1, 0.15) is 5.56 Å². The summed E-state index contributed by atoms with van der Waals surface area (Å²) in [6, 6.07) is 23.1. The summed E-state index contributed by atoms with van der Waals surface area (Å²) < 4.78 is 38.3. The number of fused-ring (bicyclic) bond motifs is 1. The van der Waals surface area contributed by atoms with Gasteiger partial charge in [-0.2, -0.15) is 0 Å². The zero-order chi connectivity index (χ0) is 21.7. The molecular weight excluding hydrogens is 517 g/mol. The maximum atomic E-state index is 12.0. The number of benzene rings is 3. The molecule has 0 amide bonds. The Balaban J connectivity index is 0.000000199. The average molecular weight is 535 g/mol. The highest BCUT2D eigenvalue weighted by Gasteiger charge is 2.26. The van der Waals surface area contributed by atoms with Crippen molar-refractivity contribution in [2.45, 2.75) is 11.8 Å². The van der Waals surface area contributed by atoms with Gasteiger partial charge in [0.25, 0.3) is 0 Å². The Morgan fingerprint density at radius 1 is 0.900 bits per heavy atom. The molecule has 0 radical (unpaired) electrons. The fourth-order valence-electron chi connectivity index (χ4n) is 2.53. The largest absolute Gasteiger partial charge is 0.744 e. The van der Waals surface area contributed by atoms with Crippen LogP contribution in [0.15, 0.2) is 93.0 Å². The van der Waals surface area contributed by atoms with E-state index >= 15 is 0 Å². The second-order valence-corrected chi connectivity index (χ2v) is 10.5. The topological polar surface area (TPSA) is 113 Å². The molecule has 0 unspecified atom stereocenters. The van der Waals surface area contributed by atoms with Gasteiger partial charge in [0.2, 0.25) is 0 Å². The first-order valence-electron chi connectivity index (χ1n) is 8.79. The van der Waals surface area contributed by atoms with Gasteiger partial charge in [0.15, 0.2) is 3.57 Å². The molecule has 154 valence electrons. The number of hydrogen-bond donors (Lipinski definition) is 1. The standard InChI is InChI=1S/C15H10INO2.C7H8O3S/c17-14-11-8-4-5-9-12(11)19-15(18)13(14)16-10-6-2-1-3-7-10;1-6-2-4-7(5-3-6)11(8,9)10/h1-9H,(H-,17,18);2-5H,1H3,(H,8,9,10). The Morgan fingerprint density at radius 2 is 1.50 bits per heavy atom. The number of anilines is 1. The summed E-state index contributed by atoms with van der Waals surface area (Å²) in [4.78, 5) is 11.9. The van der Waals surface area contributed by atoms with E-state index in [1.54, 1.807) is 18.2 Å². The van der Waals surface area contributed by atoms with E-state index in [4.69, 9.17) is 10.2 Å². The fourth-order valence-corrected chi connectivity index (χ4v) is 5.31. The van der Waals surface area contributed by atoms with E-state index in [9.17, 15) is 17.8 Å². The quantitative estimate of drug-likeness (QED) is 0.231. The Labute approximate surface area is 184 Å². The molecule has 0 aliphatic rings. The minimum atomic E-state index is -4.27. The lowest BCUT2D eigenvalue weighted by Gasteiger charge is -2.05. The lowest BCUT2D eigenvalue weighted by molar-refractivity contribution is -0.598. The number of nitrogen functional groups attached to an aromatic ring is 1. The second kappa shape index (κ2) is 9.41. The first kappa shape index (κ1) is 22.0. The van der Waals surface area contributed by atoms with Crippen LogP contribution in [0.5, 0.6) is 0 Å². The van der Waals surface area contributed by atoms with Crippen LogP contribution in [0.3, 0.4) is 0 Å². The van der Waals surface area contributed by atoms with Crippen LogP contribution in [0.25, 0.3) is 11.0 Å². The monoisotopic (exact) mass is 535 g/mol. The van der Waals surface area contributed by atoms with Crippen molar-refractivity contribution < 1.29 is 38.6 Å². The zero-order valence-corrected chi connectivity index (χ0v) is 18.9. The van der Waals surface area contributed by atoms with Crippen LogP contribution < -0.4 is 32.6 Å². The number of rotatable bonds is 3. The Kier molecular flexibility index (Phi) is 6.91. The smallest absolute Gasteiger partial charge is 0.393 e. The molecule has 6 nitrogen and oxygen atoms in total. The molecule has 0 aliphatic heterocycles. The number of para-hydroxylation sites is 1. The molecule has 0 bridgehead atoms. The minimum Gasteiger partial charge on any atom is -0.744 e. The van der Waals surface area contributed by atoms with Crippen molar-refractivity contribution in [2.75, 3.05) is 5.73 Å². The van der Waals surface area contributed by atoms with Gasteiger partial charge in [0.05, 0.1) is 4.90 Å². The van der Waals surface area contributed by atoms with Gasteiger partial charge >= 0.3 is 30.4 Å². The SMILES string of the molecule is Cc1ccc(S(=O)(=O)[O-])cc1.Nc1c([I+]c2ccccc2)c(=O)oc2ccccc12. The summed E-state index contributed by atoms with van der Waals surface area (Å²) in [7, 11) is -4.27. The van der Waals surface area contributed by atoms with Gasteiger partial charge in [0.1, 0.15) is 21.4 Å². The predicted molar refractivity (Wildman–Crippen MR) is 110 cm³/mol. The molecule has 0 saturated carbocycles. The predicted octanol–water partition coefficient (Wildman–Crippen LogP) is 0.403. The van der Waals surface area contributed by atoms with Crippen molar-refractivity contribution in [3.63, 3.8) is 0 Å². The van der Waals surface area contributed by atoms with Crippen molar-refractivity contribution in [1.29, 1.82) is 0 Å². The van der Waals surface area contributed by atoms with Crippen molar-refractivity contribution in [1.82, 2.24) is 0 Å². The van der Waals surface area contributed by atoms with E-state index in [1.165, 1.54) is 12.1 Å². The van der Waals surface area contributed by atoms with Crippen LogP contribution in [0, 0.1) is 14.1 Å². The molecule has 0 fully saturated rings. The summed E-state index contributed by atoms with van der Waals surface area (Å²) >= 11 is -0.621. The van der Waals surface area contributed by atoms with Crippen LogP contribution in [-0.2, 0) is 10.1 Å². The van der Waals surface area contributed by atoms with Crippen molar-refractivity contribution in [2.24, 2.45) is 0 Å². The van der Waals surface area contributed by atoms with Gasteiger partial charge in [-0.25, -0.2) is 13.2 Å². The van der Waals surface area contributed by atoms with E-state index in [2.05, 4.69) is 0 Å². The molecule has 0 atom stereocenters. The van der Waals surface area contributed by atoms with Gasteiger partial charge < -0.3 is 14.7 Å².